The van der Waals surface area contributed by atoms with Gasteiger partial charge >= 0.3 is 0 Å². The van der Waals surface area contributed by atoms with E-state index in [1.54, 1.807) is 19.1 Å². The summed E-state index contributed by atoms with van der Waals surface area (Å²) in [6.45, 7) is 1.61. The summed E-state index contributed by atoms with van der Waals surface area (Å²) in [6.07, 6.45) is 4.08. The van der Waals surface area contributed by atoms with Crippen molar-refractivity contribution in [3.8, 4) is 0 Å². The lowest BCUT2D eigenvalue weighted by Gasteiger charge is -2.19. The first-order valence-corrected chi connectivity index (χ1v) is 10.3. The Morgan fingerprint density at radius 1 is 1.34 bits per heavy atom. The minimum absolute atomic E-state index is 0.0188. The third-order valence-corrected chi connectivity index (χ3v) is 6.08. The first kappa shape index (κ1) is 19.1. The fourth-order valence-electron chi connectivity index (χ4n) is 3.21. The Kier molecular flexibility index (Phi) is 4.61. The number of aromatic nitrogens is 5. The minimum Gasteiger partial charge on any atom is -0.283 e. The molecule has 0 atom stereocenters. The lowest BCUT2D eigenvalue weighted by Crippen LogP contribution is -2.29. The van der Waals surface area contributed by atoms with E-state index in [0.717, 1.165) is 10.6 Å². The van der Waals surface area contributed by atoms with E-state index in [4.69, 9.17) is 5.41 Å². The molecule has 0 bridgehead atoms. The number of allylic oxidation sites excluding steroid dienone is 4. The molecule has 29 heavy (non-hydrogen) atoms. The molecule has 1 aliphatic carbocycles. The van der Waals surface area contributed by atoms with Crippen LogP contribution in [0.15, 0.2) is 47.4 Å². The van der Waals surface area contributed by atoms with Crippen LogP contribution in [0.3, 0.4) is 0 Å². The van der Waals surface area contributed by atoms with Crippen molar-refractivity contribution in [3.63, 3.8) is 0 Å². The number of rotatable bonds is 4. The number of pyridine rings is 1. The van der Waals surface area contributed by atoms with E-state index in [-0.39, 0.29) is 23.9 Å². The maximum atomic E-state index is 14.6. The number of H-pyrrole nitrogens is 1. The van der Waals surface area contributed by atoms with Gasteiger partial charge < -0.3 is 0 Å². The molecular formula is C18H16F2N6O2S. The molecule has 0 unspecified atom stereocenters. The van der Waals surface area contributed by atoms with Gasteiger partial charge in [0.05, 0.1) is 11.1 Å². The number of hydrogen-bond donors (Lipinski definition) is 2. The highest BCUT2D eigenvalue weighted by Crippen LogP contribution is 2.32. The van der Waals surface area contributed by atoms with Crippen molar-refractivity contribution in [1.29, 1.82) is 5.41 Å². The monoisotopic (exact) mass is 418 g/mol. The number of aryl methyl sites for hydroxylation is 1. The summed E-state index contributed by atoms with van der Waals surface area (Å²) in [6, 6.07) is 3.14. The molecule has 0 aliphatic heterocycles. The summed E-state index contributed by atoms with van der Waals surface area (Å²) in [5.41, 5.74) is -0.235. The Morgan fingerprint density at radius 3 is 2.83 bits per heavy atom. The van der Waals surface area contributed by atoms with E-state index in [2.05, 4.69) is 20.2 Å². The molecule has 11 heteroatoms. The lowest BCUT2D eigenvalue weighted by atomic mass is 10.1. The molecule has 0 spiro atoms. The molecule has 150 valence electrons. The van der Waals surface area contributed by atoms with Gasteiger partial charge in [0.1, 0.15) is 22.8 Å². The van der Waals surface area contributed by atoms with Crippen LogP contribution in [0.5, 0.6) is 0 Å². The summed E-state index contributed by atoms with van der Waals surface area (Å²) in [5, 5.41) is 14.6. The Bertz CT molecular complexity index is 1340. The molecular weight excluding hydrogens is 402 g/mol. The number of fused-ring (bicyclic) bond motifs is 1. The van der Waals surface area contributed by atoms with Crippen LogP contribution in [-0.2, 0) is 15.6 Å². The Labute approximate surface area is 164 Å². The smallest absolute Gasteiger partial charge is 0.236 e. The van der Waals surface area contributed by atoms with Crippen molar-refractivity contribution in [2.24, 2.45) is 0 Å². The zero-order valence-electron chi connectivity index (χ0n) is 15.3. The molecule has 0 fully saturated rings. The average molecular weight is 418 g/mol. The molecule has 1 aliphatic rings. The predicted molar refractivity (Wildman–Crippen MR) is 100 cm³/mol. The second-order valence-electron chi connectivity index (χ2n) is 6.59. The SMILES string of the molecule is Cc1[nH]nc2nc(S(=O)(=O)Cc3cccnc3)n(C3=C(F)CCC=C3F)c(=N)c12. The highest BCUT2D eigenvalue weighted by atomic mass is 32.2. The molecule has 0 saturated heterocycles. The van der Waals surface area contributed by atoms with E-state index >= 15 is 0 Å². The molecule has 0 aromatic carbocycles. The second kappa shape index (κ2) is 6.99. The number of halogens is 2. The molecule has 2 N–H and O–H groups in total. The number of aromatic amines is 1. The first-order valence-electron chi connectivity index (χ1n) is 8.68. The largest absolute Gasteiger partial charge is 0.283 e. The fraction of sp³-hybridized carbons (Fsp3) is 0.222. The van der Waals surface area contributed by atoms with Gasteiger partial charge in [0.2, 0.25) is 15.0 Å². The van der Waals surface area contributed by atoms with Crippen molar-refractivity contribution < 1.29 is 17.2 Å². The van der Waals surface area contributed by atoms with Gasteiger partial charge in [-0.15, -0.1) is 0 Å². The molecule has 0 saturated carbocycles. The van der Waals surface area contributed by atoms with Crippen LogP contribution in [-0.4, -0.2) is 33.2 Å². The lowest BCUT2D eigenvalue weighted by molar-refractivity contribution is 0.540. The zero-order valence-corrected chi connectivity index (χ0v) is 16.1. The van der Waals surface area contributed by atoms with Crippen LogP contribution in [0, 0.1) is 12.3 Å². The highest BCUT2D eigenvalue weighted by Gasteiger charge is 2.30. The van der Waals surface area contributed by atoms with Gasteiger partial charge in [0.15, 0.2) is 5.65 Å². The topological polar surface area (TPSA) is 117 Å². The molecule has 3 aromatic heterocycles. The van der Waals surface area contributed by atoms with Gasteiger partial charge in [-0.2, -0.15) is 10.1 Å². The Morgan fingerprint density at radius 2 is 2.14 bits per heavy atom. The van der Waals surface area contributed by atoms with Crippen LogP contribution < -0.4 is 5.49 Å². The molecule has 4 rings (SSSR count). The number of sulfone groups is 1. The van der Waals surface area contributed by atoms with E-state index in [1.165, 1.54) is 12.4 Å². The van der Waals surface area contributed by atoms with Gasteiger partial charge in [-0.05, 0) is 31.1 Å². The van der Waals surface area contributed by atoms with Crippen LogP contribution in [0.1, 0.15) is 24.1 Å². The summed E-state index contributed by atoms with van der Waals surface area (Å²) in [5.74, 6) is -2.28. The van der Waals surface area contributed by atoms with Crippen LogP contribution in [0.4, 0.5) is 8.78 Å². The molecule has 0 radical (unpaired) electrons. The molecule has 3 aromatic rings. The summed E-state index contributed by atoms with van der Waals surface area (Å²) in [7, 11) is -4.20. The molecule has 8 nitrogen and oxygen atoms in total. The number of nitrogens with zero attached hydrogens (tertiary/aromatic N) is 4. The summed E-state index contributed by atoms with van der Waals surface area (Å²) in [4.78, 5) is 7.95. The second-order valence-corrected chi connectivity index (χ2v) is 8.47. The number of hydrogen-bond acceptors (Lipinski definition) is 6. The van der Waals surface area contributed by atoms with Crippen molar-refractivity contribution in [3.05, 3.63) is 59.0 Å². The summed E-state index contributed by atoms with van der Waals surface area (Å²) < 4.78 is 56.3. The maximum Gasteiger partial charge on any atom is 0.236 e. The third kappa shape index (κ3) is 3.27. The van der Waals surface area contributed by atoms with Crippen LogP contribution in [0.25, 0.3) is 16.7 Å². The van der Waals surface area contributed by atoms with Gasteiger partial charge in [-0.25, -0.2) is 17.2 Å². The van der Waals surface area contributed by atoms with E-state index in [1.807, 2.05) is 0 Å². The fourth-order valence-corrected chi connectivity index (χ4v) is 4.64. The first-order chi connectivity index (χ1) is 13.8. The average Bonchev–Trinajstić information content (AvgIpc) is 3.04. The van der Waals surface area contributed by atoms with E-state index < -0.39 is 43.6 Å². The van der Waals surface area contributed by atoms with Crippen LogP contribution >= 0.6 is 0 Å². The summed E-state index contributed by atoms with van der Waals surface area (Å²) >= 11 is 0. The van der Waals surface area contributed by atoms with Crippen molar-refractivity contribution in [1.82, 2.24) is 24.7 Å². The van der Waals surface area contributed by atoms with Crippen molar-refractivity contribution in [2.75, 3.05) is 0 Å². The predicted octanol–water partition coefficient (Wildman–Crippen LogP) is 2.70. The standard InChI is InChI=1S/C18H16F2N6O2S/c1-10-14-16(21)26(15-12(19)5-2-6-13(15)20)18(23-17(14)25-24-10)29(27,28)9-11-4-3-7-22-8-11/h3-5,7-8,21H,2,6,9H2,1H3,(H,24,25). The maximum absolute atomic E-state index is 14.6. The Balaban J connectivity index is 2.04. The number of nitrogens with one attached hydrogen (secondary N) is 2. The third-order valence-electron chi connectivity index (χ3n) is 4.53. The minimum atomic E-state index is -4.20. The van der Waals surface area contributed by atoms with Crippen molar-refractivity contribution >= 4 is 26.6 Å². The zero-order chi connectivity index (χ0) is 20.8. The van der Waals surface area contributed by atoms with E-state index in [9.17, 15) is 17.2 Å². The molecule has 3 heterocycles. The van der Waals surface area contributed by atoms with Gasteiger partial charge in [0.25, 0.3) is 0 Å². The quantitative estimate of drug-likeness (QED) is 0.632. The van der Waals surface area contributed by atoms with E-state index in [0.29, 0.717) is 11.3 Å². The van der Waals surface area contributed by atoms with Crippen molar-refractivity contribution in [2.45, 2.75) is 30.7 Å². The highest BCUT2D eigenvalue weighted by molar-refractivity contribution is 7.90. The Hall–Kier alpha value is -3.21. The van der Waals surface area contributed by atoms with Gasteiger partial charge in [-0.1, -0.05) is 6.07 Å². The van der Waals surface area contributed by atoms with Crippen LogP contribution in [0.2, 0.25) is 0 Å². The molecule has 0 amide bonds. The van der Waals surface area contributed by atoms with Gasteiger partial charge in [0, 0.05) is 24.5 Å². The normalized spacial score (nSPS) is 15.1. The van der Waals surface area contributed by atoms with Gasteiger partial charge in [-0.3, -0.25) is 20.1 Å².